The maximum atomic E-state index is 13.4. The molecule has 0 fully saturated rings. The molecule has 1 aromatic heterocycles. The second-order valence-electron chi connectivity index (χ2n) is 7.37. The highest BCUT2D eigenvalue weighted by Gasteiger charge is 2.25. The minimum atomic E-state index is -3.92. The molecular formula is C25H27N3O6S. The molecule has 1 amide bonds. The van der Waals surface area contributed by atoms with E-state index in [0.29, 0.717) is 11.4 Å². The van der Waals surface area contributed by atoms with Crippen LogP contribution in [0.15, 0.2) is 65.6 Å². The number of nitrogens with one attached hydrogen (secondary N) is 1. The summed E-state index contributed by atoms with van der Waals surface area (Å²) in [5.41, 5.74) is 1.33. The number of benzene rings is 2. The quantitative estimate of drug-likeness (QED) is 0.444. The van der Waals surface area contributed by atoms with Crippen molar-refractivity contribution in [3.63, 3.8) is 0 Å². The normalized spacial score (nSPS) is 11.0. The Labute approximate surface area is 204 Å². The molecule has 2 aromatic carbocycles. The molecule has 35 heavy (non-hydrogen) atoms. The van der Waals surface area contributed by atoms with Crippen molar-refractivity contribution in [2.24, 2.45) is 0 Å². The van der Waals surface area contributed by atoms with Crippen LogP contribution >= 0.6 is 0 Å². The number of nitrogens with zero attached hydrogens (tertiary/aromatic N) is 2. The first-order chi connectivity index (χ1) is 16.7. The summed E-state index contributed by atoms with van der Waals surface area (Å²) in [5.74, 6) is -0.838. The number of sulfonamides is 1. The number of hydrogen-bond donors (Lipinski definition) is 1. The summed E-state index contributed by atoms with van der Waals surface area (Å²) in [7, 11) is -2.51. The summed E-state index contributed by atoms with van der Waals surface area (Å²) < 4.78 is 38.4. The van der Waals surface area contributed by atoms with Gasteiger partial charge >= 0.3 is 5.97 Å². The van der Waals surface area contributed by atoms with Gasteiger partial charge in [0.05, 0.1) is 41.2 Å². The van der Waals surface area contributed by atoms with Gasteiger partial charge in [0.1, 0.15) is 11.4 Å². The number of esters is 1. The fourth-order valence-electron chi connectivity index (χ4n) is 3.46. The molecule has 0 atom stereocenters. The van der Waals surface area contributed by atoms with Gasteiger partial charge in [-0.05, 0) is 63.2 Å². The van der Waals surface area contributed by atoms with E-state index in [1.165, 1.54) is 41.7 Å². The molecule has 1 heterocycles. The van der Waals surface area contributed by atoms with Crippen LogP contribution in [0.1, 0.15) is 40.4 Å². The second kappa shape index (κ2) is 11.0. The predicted octanol–water partition coefficient (Wildman–Crippen LogP) is 4.04. The molecule has 0 unspecified atom stereocenters. The van der Waals surface area contributed by atoms with E-state index < -0.39 is 21.9 Å². The zero-order chi connectivity index (χ0) is 25.6. The van der Waals surface area contributed by atoms with Crippen molar-refractivity contribution in [2.45, 2.75) is 25.7 Å². The van der Waals surface area contributed by atoms with Crippen LogP contribution in [0.25, 0.3) is 0 Å². The largest absolute Gasteiger partial charge is 0.495 e. The van der Waals surface area contributed by atoms with Crippen LogP contribution in [0, 0.1) is 6.92 Å². The summed E-state index contributed by atoms with van der Waals surface area (Å²) in [4.78, 5) is 29.1. The van der Waals surface area contributed by atoms with Crippen LogP contribution in [0.3, 0.4) is 0 Å². The Kier molecular flexibility index (Phi) is 8.08. The van der Waals surface area contributed by atoms with Gasteiger partial charge in [-0.3, -0.25) is 9.10 Å². The van der Waals surface area contributed by atoms with Gasteiger partial charge in [-0.25, -0.2) is 18.2 Å². The maximum absolute atomic E-state index is 13.4. The molecule has 0 saturated heterocycles. The van der Waals surface area contributed by atoms with Gasteiger partial charge in [0, 0.05) is 6.54 Å². The zero-order valence-electron chi connectivity index (χ0n) is 19.9. The molecule has 0 saturated carbocycles. The van der Waals surface area contributed by atoms with E-state index in [2.05, 4.69) is 10.3 Å². The molecule has 0 bridgehead atoms. The first-order valence-corrected chi connectivity index (χ1v) is 12.4. The number of methoxy groups -OCH3 is 1. The first kappa shape index (κ1) is 25.7. The number of ether oxygens (including phenoxy) is 2. The van der Waals surface area contributed by atoms with Gasteiger partial charge in [0.2, 0.25) is 0 Å². The van der Waals surface area contributed by atoms with E-state index in [4.69, 9.17) is 9.47 Å². The Morgan fingerprint density at radius 1 is 1.03 bits per heavy atom. The molecule has 10 heteroatoms. The van der Waals surface area contributed by atoms with E-state index in [-0.39, 0.29) is 40.7 Å². The number of anilines is 2. The second-order valence-corrected chi connectivity index (χ2v) is 9.23. The van der Waals surface area contributed by atoms with Crippen molar-refractivity contribution in [1.82, 2.24) is 4.98 Å². The monoisotopic (exact) mass is 497 g/mol. The molecular weight excluding hydrogens is 470 g/mol. The summed E-state index contributed by atoms with van der Waals surface area (Å²) >= 11 is 0. The smallest absolute Gasteiger partial charge is 0.339 e. The van der Waals surface area contributed by atoms with E-state index in [1.807, 2.05) is 0 Å². The molecule has 1 N–H and O–H groups in total. The number of para-hydroxylation sites is 1. The highest BCUT2D eigenvalue weighted by molar-refractivity contribution is 7.92. The van der Waals surface area contributed by atoms with E-state index in [1.54, 1.807) is 51.1 Å². The molecule has 184 valence electrons. The van der Waals surface area contributed by atoms with Gasteiger partial charge in [-0.1, -0.05) is 18.2 Å². The van der Waals surface area contributed by atoms with Crippen molar-refractivity contribution < 1.29 is 27.5 Å². The molecule has 3 rings (SSSR count). The number of amides is 1. The fourth-order valence-corrected chi connectivity index (χ4v) is 4.96. The molecule has 9 nitrogen and oxygen atoms in total. The van der Waals surface area contributed by atoms with Crippen LogP contribution in [-0.4, -0.2) is 45.5 Å². The van der Waals surface area contributed by atoms with Gasteiger partial charge in [0.15, 0.2) is 0 Å². The van der Waals surface area contributed by atoms with Gasteiger partial charge in [0.25, 0.3) is 15.9 Å². The topological polar surface area (TPSA) is 115 Å². The standard InChI is InChI=1S/C25H27N3O6S/c1-5-28(18-10-8-7-9-11-18)35(31,32)19-12-15-23(33-4)22(16-19)27-24(29)21-14-13-20(17(3)26-21)25(30)34-6-2/h7-16H,5-6H2,1-4H3,(H,27,29). The SMILES string of the molecule is CCOC(=O)c1ccc(C(=O)Nc2cc(S(=O)(=O)N(CC)c3ccccc3)ccc2OC)nc1C. The maximum Gasteiger partial charge on any atom is 0.339 e. The average Bonchev–Trinajstić information content (AvgIpc) is 2.85. The van der Waals surface area contributed by atoms with Crippen molar-refractivity contribution >= 4 is 33.3 Å². The number of rotatable bonds is 9. The average molecular weight is 498 g/mol. The number of carbonyl (C=O) groups is 2. The molecule has 0 radical (unpaired) electrons. The zero-order valence-corrected chi connectivity index (χ0v) is 20.8. The molecule has 0 spiro atoms. The lowest BCUT2D eigenvalue weighted by Gasteiger charge is -2.23. The van der Waals surface area contributed by atoms with E-state index in [9.17, 15) is 18.0 Å². The van der Waals surface area contributed by atoms with Crippen molar-refractivity contribution in [3.05, 3.63) is 77.6 Å². The van der Waals surface area contributed by atoms with Crippen LogP contribution in [0.2, 0.25) is 0 Å². The Morgan fingerprint density at radius 3 is 2.34 bits per heavy atom. The molecule has 0 aliphatic rings. The number of pyridine rings is 1. The van der Waals surface area contributed by atoms with E-state index >= 15 is 0 Å². The van der Waals surface area contributed by atoms with Gasteiger partial charge < -0.3 is 14.8 Å². The predicted molar refractivity (Wildman–Crippen MR) is 133 cm³/mol. The van der Waals surface area contributed by atoms with Crippen LogP contribution < -0.4 is 14.4 Å². The highest BCUT2D eigenvalue weighted by atomic mass is 32.2. The summed E-state index contributed by atoms with van der Waals surface area (Å²) in [6.07, 6.45) is 0. The molecule has 0 aliphatic heterocycles. The lowest BCUT2D eigenvalue weighted by atomic mass is 10.2. The first-order valence-electron chi connectivity index (χ1n) is 10.9. The fraction of sp³-hybridized carbons (Fsp3) is 0.240. The van der Waals surface area contributed by atoms with E-state index in [0.717, 1.165) is 0 Å². The summed E-state index contributed by atoms with van der Waals surface area (Å²) in [5, 5.41) is 2.66. The number of aryl methyl sites for hydroxylation is 1. The van der Waals surface area contributed by atoms with Crippen molar-refractivity contribution in [1.29, 1.82) is 0 Å². The van der Waals surface area contributed by atoms with Gasteiger partial charge in [-0.2, -0.15) is 0 Å². The minimum absolute atomic E-state index is 0.0129. The third-order valence-corrected chi connectivity index (χ3v) is 7.05. The minimum Gasteiger partial charge on any atom is -0.495 e. The Morgan fingerprint density at radius 2 is 1.74 bits per heavy atom. The Balaban J connectivity index is 1.93. The summed E-state index contributed by atoms with van der Waals surface area (Å²) in [6.45, 7) is 5.48. The Bertz CT molecular complexity index is 1330. The van der Waals surface area contributed by atoms with Crippen LogP contribution in [0.4, 0.5) is 11.4 Å². The van der Waals surface area contributed by atoms with Gasteiger partial charge in [-0.15, -0.1) is 0 Å². The lowest BCUT2D eigenvalue weighted by Crippen LogP contribution is -2.30. The van der Waals surface area contributed by atoms with Crippen molar-refractivity contribution in [3.8, 4) is 5.75 Å². The number of hydrogen-bond acceptors (Lipinski definition) is 7. The van der Waals surface area contributed by atoms with Crippen LogP contribution in [-0.2, 0) is 14.8 Å². The number of aromatic nitrogens is 1. The molecule has 0 aliphatic carbocycles. The number of carbonyl (C=O) groups excluding carboxylic acids is 2. The summed E-state index contributed by atoms with van der Waals surface area (Å²) in [6, 6.07) is 15.8. The third kappa shape index (κ3) is 5.60. The van der Waals surface area contributed by atoms with Crippen molar-refractivity contribution in [2.75, 3.05) is 29.9 Å². The third-order valence-electron chi connectivity index (χ3n) is 5.15. The van der Waals surface area contributed by atoms with Crippen LogP contribution in [0.5, 0.6) is 5.75 Å². The lowest BCUT2D eigenvalue weighted by molar-refractivity contribution is 0.0524. The Hall–Kier alpha value is -3.92. The molecule has 3 aromatic rings. The highest BCUT2D eigenvalue weighted by Crippen LogP contribution is 2.31.